The first-order valence-electron chi connectivity index (χ1n) is 9.74. The molecule has 26 heavy (non-hydrogen) atoms. The topological polar surface area (TPSA) is 34.2 Å². The number of hydrogen-bond donors (Lipinski definition) is 0. The Bertz CT molecular complexity index is 634. The van der Waals surface area contributed by atoms with Gasteiger partial charge in [0.15, 0.2) is 0 Å². The highest BCUT2D eigenvalue weighted by Crippen LogP contribution is 2.36. The maximum atomic E-state index is 6.15. The van der Waals surface area contributed by atoms with E-state index in [9.17, 15) is 0 Å². The standard InChI is InChI=1S/C20H31BN2O3/c1-18(2)19(3,4)26-21(25-18)16-6-8-17(9-7-16)22-10-12-23(13-11-22)20(5)14-24-15-20/h6-9H,10-15H2,1-5H3. The van der Waals surface area contributed by atoms with E-state index >= 15 is 0 Å². The van der Waals surface area contributed by atoms with Gasteiger partial charge in [0.05, 0.1) is 30.0 Å². The van der Waals surface area contributed by atoms with Gasteiger partial charge in [-0.3, -0.25) is 4.90 Å². The van der Waals surface area contributed by atoms with E-state index in [1.807, 2.05) is 0 Å². The van der Waals surface area contributed by atoms with Crippen molar-refractivity contribution in [3.8, 4) is 0 Å². The molecule has 0 atom stereocenters. The molecule has 3 heterocycles. The van der Waals surface area contributed by atoms with Crippen LogP contribution in [0.25, 0.3) is 0 Å². The minimum absolute atomic E-state index is 0.257. The molecule has 0 unspecified atom stereocenters. The predicted octanol–water partition coefficient (Wildman–Crippen LogP) is 1.90. The summed E-state index contributed by atoms with van der Waals surface area (Å²) >= 11 is 0. The Morgan fingerprint density at radius 1 is 0.808 bits per heavy atom. The van der Waals surface area contributed by atoms with Gasteiger partial charge in [0, 0.05) is 31.9 Å². The third-order valence-electron chi connectivity index (χ3n) is 6.65. The summed E-state index contributed by atoms with van der Waals surface area (Å²) in [5.74, 6) is 0. The van der Waals surface area contributed by atoms with Gasteiger partial charge in [-0.25, -0.2) is 0 Å². The van der Waals surface area contributed by atoms with Crippen LogP contribution in [0.15, 0.2) is 24.3 Å². The molecule has 0 radical (unpaired) electrons. The van der Waals surface area contributed by atoms with Crippen LogP contribution in [-0.4, -0.2) is 68.2 Å². The van der Waals surface area contributed by atoms with Crippen LogP contribution in [0.3, 0.4) is 0 Å². The molecule has 0 bridgehead atoms. The Morgan fingerprint density at radius 3 is 1.81 bits per heavy atom. The van der Waals surface area contributed by atoms with Gasteiger partial charge in [0.25, 0.3) is 0 Å². The summed E-state index contributed by atoms with van der Waals surface area (Å²) < 4.78 is 17.7. The van der Waals surface area contributed by atoms with Crippen LogP contribution in [0.5, 0.6) is 0 Å². The van der Waals surface area contributed by atoms with E-state index in [-0.39, 0.29) is 23.9 Å². The number of piperazine rings is 1. The van der Waals surface area contributed by atoms with Crippen LogP contribution < -0.4 is 10.4 Å². The molecular formula is C20H31BN2O3. The number of anilines is 1. The summed E-state index contributed by atoms with van der Waals surface area (Å²) in [6.45, 7) is 16.7. The molecule has 0 aliphatic carbocycles. The molecule has 0 amide bonds. The second-order valence-electron chi connectivity index (χ2n) is 9.14. The molecule has 0 spiro atoms. The molecule has 0 N–H and O–H groups in total. The molecule has 142 valence electrons. The quantitative estimate of drug-likeness (QED) is 0.771. The Hall–Kier alpha value is -1.08. The molecule has 1 aromatic rings. The van der Waals surface area contributed by atoms with Gasteiger partial charge in [0.1, 0.15) is 0 Å². The molecule has 3 fully saturated rings. The second-order valence-corrected chi connectivity index (χ2v) is 9.14. The first-order chi connectivity index (χ1) is 12.2. The zero-order valence-corrected chi connectivity index (χ0v) is 16.7. The van der Waals surface area contributed by atoms with Crippen molar-refractivity contribution in [1.82, 2.24) is 4.90 Å². The van der Waals surface area contributed by atoms with Crippen LogP contribution in [0.1, 0.15) is 34.6 Å². The molecular weight excluding hydrogens is 327 g/mol. The second kappa shape index (κ2) is 6.23. The zero-order valence-electron chi connectivity index (χ0n) is 16.7. The van der Waals surface area contributed by atoms with Crippen LogP contribution in [0.2, 0.25) is 0 Å². The van der Waals surface area contributed by atoms with E-state index in [1.54, 1.807) is 0 Å². The Labute approximate surface area is 157 Å². The van der Waals surface area contributed by atoms with Crippen molar-refractivity contribution in [2.75, 3.05) is 44.3 Å². The van der Waals surface area contributed by atoms with Crippen molar-refractivity contribution in [3.05, 3.63) is 24.3 Å². The number of rotatable bonds is 3. The molecule has 0 saturated carbocycles. The molecule has 3 saturated heterocycles. The van der Waals surface area contributed by atoms with Crippen molar-refractivity contribution in [1.29, 1.82) is 0 Å². The minimum Gasteiger partial charge on any atom is -0.399 e. The van der Waals surface area contributed by atoms with Gasteiger partial charge < -0.3 is 18.9 Å². The van der Waals surface area contributed by atoms with E-state index in [1.165, 1.54) is 5.69 Å². The molecule has 1 aromatic carbocycles. The fourth-order valence-electron chi connectivity index (χ4n) is 3.91. The number of hydrogen-bond acceptors (Lipinski definition) is 5. The van der Waals surface area contributed by atoms with E-state index in [4.69, 9.17) is 14.0 Å². The van der Waals surface area contributed by atoms with Crippen LogP contribution in [0, 0.1) is 0 Å². The highest BCUT2D eigenvalue weighted by atomic mass is 16.7. The van der Waals surface area contributed by atoms with Gasteiger partial charge in [-0.15, -0.1) is 0 Å². The average Bonchev–Trinajstić information content (AvgIpc) is 2.81. The normalized spacial score (nSPS) is 27.4. The van der Waals surface area contributed by atoms with Gasteiger partial charge >= 0.3 is 7.12 Å². The lowest BCUT2D eigenvalue weighted by Gasteiger charge is -2.50. The monoisotopic (exact) mass is 358 g/mol. The van der Waals surface area contributed by atoms with Gasteiger partial charge in [0.2, 0.25) is 0 Å². The fraction of sp³-hybridized carbons (Fsp3) is 0.700. The Kier molecular flexibility index (Phi) is 4.38. The molecule has 6 heteroatoms. The third-order valence-corrected chi connectivity index (χ3v) is 6.65. The SMILES string of the molecule is CC1(N2CCN(c3ccc(B4OC(C)(C)C(C)(C)O4)cc3)CC2)COC1. The summed E-state index contributed by atoms with van der Waals surface area (Å²) in [6.07, 6.45) is 0. The molecule has 0 aromatic heterocycles. The van der Waals surface area contributed by atoms with Gasteiger partial charge in [-0.05, 0) is 52.2 Å². The third kappa shape index (κ3) is 3.07. The van der Waals surface area contributed by atoms with E-state index in [0.29, 0.717) is 0 Å². The summed E-state index contributed by atoms with van der Waals surface area (Å²) in [4.78, 5) is 5.04. The Balaban J connectivity index is 1.38. The molecule has 3 aliphatic rings. The van der Waals surface area contributed by atoms with Crippen molar-refractivity contribution in [2.24, 2.45) is 0 Å². The minimum atomic E-state index is -0.298. The average molecular weight is 358 g/mol. The maximum Gasteiger partial charge on any atom is 0.494 e. The first kappa shape index (κ1) is 18.3. The lowest BCUT2D eigenvalue weighted by atomic mass is 9.79. The molecule has 3 aliphatic heterocycles. The van der Waals surface area contributed by atoms with Crippen LogP contribution in [-0.2, 0) is 14.0 Å². The predicted molar refractivity (Wildman–Crippen MR) is 105 cm³/mol. The van der Waals surface area contributed by atoms with E-state index in [2.05, 4.69) is 68.7 Å². The Morgan fingerprint density at radius 2 is 1.35 bits per heavy atom. The van der Waals surface area contributed by atoms with Crippen molar-refractivity contribution in [2.45, 2.75) is 51.4 Å². The largest absolute Gasteiger partial charge is 0.494 e. The van der Waals surface area contributed by atoms with Crippen molar-refractivity contribution >= 4 is 18.3 Å². The number of nitrogens with zero attached hydrogens (tertiary/aromatic N) is 2. The zero-order chi connectivity index (χ0) is 18.6. The number of ether oxygens (including phenoxy) is 1. The van der Waals surface area contributed by atoms with Gasteiger partial charge in [-0.2, -0.15) is 0 Å². The lowest BCUT2D eigenvalue weighted by molar-refractivity contribution is -0.131. The van der Waals surface area contributed by atoms with Crippen LogP contribution in [0.4, 0.5) is 5.69 Å². The highest BCUT2D eigenvalue weighted by Gasteiger charge is 2.51. The first-order valence-corrected chi connectivity index (χ1v) is 9.74. The lowest BCUT2D eigenvalue weighted by Crippen LogP contribution is -2.64. The maximum absolute atomic E-state index is 6.15. The van der Waals surface area contributed by atoms with E-state index < -0.39 is 0 Å². The smallest absolute Gasteiger partial charge is 0.399 e. The van der Waals surface area contributed by atoms with Crippen LogP contribution >= 0.6 is 0 Å². The molecule has 5 nitrogen and oxygen atoms in total. The van der Waals surface area contributed by atoms with E-state index in [0.717, 1.165) is 44.9 Å². The number of benzene rings is 1. The summed E-state index contributed by atoms with van der Waals surface area (Å²) in [5, 5.41) is 0. The van der Waals surface area contributed by atoms with Gasteiger partial charge in [-0.1, -0.05) is 12.1 Å². The summed E-state index contributed by atoms with van der Waals surface area (Å²) in [5.41, 5.74) is 2.03. The van der Waals surface area contributed by atoms with Crippen molar-refractivity contribution < 1.29 is 14.0 Å². The molecule has 4 rings (SSSR count). The fourth-order valence-corrected chi connectivity index (χ4v) is 3.91. The summed E-state index contributed by atoms with van der Waals surface area (Å²) in [7, 11) is -0.288. The van der Waals surface area contributed by atoms with Crippen molar-refractivity contribution in [3.63, 3.8) is 0 Å². The highest BCUT2D eigenvalue weighted by molar-refractivity contribution is 6.62. The summed E-state index contributed by atoms with van der Waals surface area (Å²) in [6, 6.07) is 8.68.